The molecule has 1 aliphatic carbocycles. The Kier molecular flexibility index (Phi) is 9.42. The number of aromatic nitrogens is 2. The number of esters is 1. The van der Waals surface area contributed by atoms with Gasteiger partial charge >= 0.3 is 12.1 Å². The minimum Gasteiger partial charge on any atom is -0.459 e. The molecule has 1 aromatic rings. The van der Waals surface area contributed by atoms with Gasteiger partial charge in [0.05, 0.1) is 11.7 Å². The SMILES string of the molecule is CCC(=O)C(C(=O)c1nc(Br)c(C)nc1NCC(=O)OC(C)(C)C)N1CCN(C(=O)OC(C)(C)C)[C@H]2CC[C@@H]21. The number of fused-ring (bicyclic) bond motifs is 1. The summed E-state index contributed by atoms with van der Waals surface area (Å²) in [6, 6.07) is -1.39. The third-order valence-corrected chi connectivity index (χ3v) is 7.31. The summed E-state index contributed by atoms with van der Waals surface area (Å²) in [6.07, 6.45) is 1.28. The molecule has 2 fully saturated rings. The fraction of sp³-hybridized carbons (Fsp3) is 0.704. The quantitative estimate of drug-likeness (QED) is 0.263. The van der Waals surface area contributed by atoms with Gasteiger partial charge in [0.15, 0.2) is 17.3 Å². The Bertz CT molecular complexity index is 1130. The van der Waals surface area contributed by atoms with Gasteiger partial charge in [-0.2, -0.15) is 0 Å². The molecule has 12 heteroatoms. The van der Waals surface area contributed by atoms with Gasteiger partial charge in [-0.1, -0.05) is 6.92 Å². The lowest BCUT2D eigenvalue weighted by Crippen LogP contribution is -2.70. The van der Waals surface area contributed by atoms with Gasteiger partial charge < -0.3 is 19.7 Å². The third kappa shape index (κ3) is 7.53. The van der Waals surface area contributed by atoms with Crippen LogP contribution in [0.15, 0.2) is 4.60 Å². The molecule has 0 aromatic carbocycles. The van der Waals surface area contributed by atoms with Crippen molar-refractivity contribution in [3.05, 3.63) is 16.0 Å². The molecule has 1 saturated heterocycles. The first-order valence-electron chi connectivity index (χ1n) is 13.3. The van der Waals surface area contributed by atoms with Crippen LogP contribution in [0.1, 0.15) is 83.9 Å². The Morgan fingerprint density at radius 3 is 2.15 bits per heavy atom. The van der Waals surface area contributed by atoms with Crippen molar-refractivity contribution >= 4 is 45.4 Å². The molecule has 1 aromatic heterocycles. The number of amides is 1. The van der Waals surface area contributed by atoms with Gasteiger partial charge in [-0.15, -0.1) is 0 Å². The zero-order valence-corrected chi connectivity index (χ0v) is 25.7. The molecule has 11 nitrogen and oxygen atoms in total. The van der Waals surface area contributed by atoms with Crippen LogP contribution in [0, 0.1) is 6.92 Å². The summed E-state index contributed by atoms with van der Waals surface area (Å²) < 4.78 is 11.3. The number of Topliss-reactive ketones (excluding diaryl/α,β-unsaturated/α-hetero) is 2. The van der Waals surface area contributed by atoms with Crippen molar-refractivity contribution in [1.29, 1.82) is 0 Å². The summed E-state index contributed by atoms with van der Waals surface area (Å²) in [5.41, 5.74) is -0.808. The fourth-order valence-electron chi connectivity index (χ4n) is 4.77. The molecule has 1 aliphatic heterocycles. The number of halogens is 1. The van der Waals surface area contributed by atoms with E-state index in [0.29, 0.717) is 23.4 Å². The molecule has 0 bridgehead atoms. The van der Waals surface area contributed by atoms with Crippen LogP contribution in [0.3, 0.4) is 0 Å². The Labute approximate surface area is 238 Å². The van der Waals surface area contributed by atoms with E-state index >= 15 is 0 Å². The van der Waals surface area contributed by atoms with Crippen molar-refractivity contribution in [2.24, 2.45) is 0 Å². The van der Waals surface area contributed by atoms with Crippen LogP contribution in [0.4, 0.5) is 10.6 Å². The first kappa shape index (κ1) is 30.9. The Morgan fingerprint density at radius 1 is 1.00 bits per heavy atom. The maximum absolute atomic E-state index is 14.0. The highest BCUT2D eigenvalue weighted by Crippen LogP contribution is 2.37. The predicted molar refractivity (Wildman–Crippen MR) is 149 cm³/mol. The van der Waals surface area contributed by atoms with Gasteiger partial charge in [0.25, 0.3) is 0 Å². The predicted octanol–water partition coefficient (Wildman–Crippen LogP) is 3.92. The maximum atomic E-state index is 14.0. The van der Waals surface area contributed by atoms with E-state index in [1.54, 1.807) is 39.5 Å². The second-order valence-electron chi connectivity index (χ2n) is 11.9. The number of rotatable bonds is 8. The van der Waals surface area contributed by atoms with Crippen LogP contribution in [-0.4, -0.2) is 92.4 Å². The second kappa shape index (κ2) is 11.9. The Balaban J connectivity index is 1.88. The number of piperazine rings is 1. The number of nitrogens with zero attached hydrogens (tertiary/aromatic N) is 4. The van der Waals surface area contributed by atoms with Crippen molar-refractivity contribution in [3.8, 4) is 0 Å². The van der Waals surface area contributed by atoms with Crippen LogP contribution in [0.5, 0.6) is 0 Å². The van der Waals surface area contributed by atoms with E-state index in [9.17, 15) is 19.2 Å². The summed E-state index contributed by atoms with van der Waals surface area (Å²) in [5, 5.41) is 2.89. The second-order valence-corrected chi connectivity index (χ2v) is 12.7. The average Bonchev–Trinajstić information content (AvgIpc) is 2.77. The molecule has 216 valence electrons. The number of hydrogen-bond acceptors (Lipinski definition) is 10. The highest BCUT2D eigenvalue weighted by molar-refractivity contribution is 9.10. The van der Waals surface area contributed by atoms with Gasteiger partial charge in [0.1, 0.15) is 28.4 Å². The number of carbonyl (C=O) groups excluding carboxylic acids is 4. The fourth-order valence-corrected chi connectivity index (χ4v) is 5.04. The zero-order chi connectivity index (χ0) is 29.3. The van der Waals surface area contributed by atoms with Gasteiger partial charge in [-0.05, 0) is 77.2 Å². The minimum atomic E-state index is -1.09. The Morgan fingerprint density at radius 2 is 1.62 bits per heavy atom. The lowest BCUT2D eigenvalue weighted by atomic mass is 9.80. The van der Waals surface area contributed by atoms with E-state index in [-0.39, 0.29) is 48.4 Å². The number of anilines is 1. The van der Waals surface area contributed by atoms with Crippen molar-refractivity contribution in [3.63, 3.8) is 0 Å². The standard InChI is InChI=1S/C27H40BrN5O6/c1-9-18(34)21(32-12-13-33(17-11-10-16(17)32)25(37)39-27(6,7)8)22(36)20-24(30-15(2)23(28)31-20)29-14-19(35)38-26(3,4)5/h16-17,21H,9-14H2,1-8H3,(H,29,30)/t16-,17-,21?/m0/s1. The van der Waals surface area contributed by atoms with Crippen molar-refractivity contribution in [1.82, 2.24) is 19.8 Å². The van der Waals surface area contributed by atoms with E-state index in [2.05, 4.69) is 31.2 Å². The summed E-state index contributed by atoms with van der Waals surface area (Å²) in [6.45, 7) is 14.6. The van der Waals surface area contributed by atoms with Crippen molar-refractivity contribution < 1.29 is 28.7 Å². The number of ketones is 2. The topological polar surface area (TPSA) is 131 Å². The molecule has 0 spiro atoms. The summed E-state index contributed by atoms with van der Waals surface area (Å²) >= 11 is 3.35. The van der Waals surface area contributed by atoms with Gasteiger partial charge in [-0.25, -0.2) is 14.8 Å². The van der Waals surface area contributed by atoms with E-state index < -0.39 is 29.0 Å². The van der Waals surface area contributed by atoms with Crippen LogP contribution < -0.4 is 5.32 Å². The molecular weight excluding hydrogens is 570 g/mol. The van der Waals surface area contributed by atoms with E-state index in [4.69, 9.17) is 9.47 Å². The molecule has 1 unspecified atom stereocenters. The monoisotopic (exact) mass is 609 g/mol. The summed E-state index contributed by atoms with van der Waals surface area (Å²) in [5.74, 6) is -1.15. The summed E-state index contributed by atoms with van der Waals surface area (Å²) in [4.78, 5) is 65.0. The van der Waals surface area contributed by atoms with Crippen LogP contribution >= 0.6 is 15.9 Å². The van der Waals surface area contributed by atoms with Gasteiger partial charge in [0.2, 0.25) is 5.78 Å². The molecule has 1 amide bonds. The van der Waals surface area contributed by atoms with E-state index in [1.807, 2.05) is 25.7 Å². The van der Waals surface area contributed by atoms with Crippen LogP contribution in [0.2, 0.25) is 0 Å². The number of ether oxygens (including phenoxy) is 2. The van der Waals surface area contributed by atoms with E-state index in [1.165, 1.54) is 0 Å². The average molecular weight is 611 g/mol. The molecule has 1 saturated carbocycles. The molecule has 2 aliphatic rings. The minimum absolute atomic E-state index is 0.0340. The molecule has 2 heterocycles. The largest absolute Gasteiger partial charge is 0.459 e. The van der Waals surface area contributed by atoms with Crippen molar-refractivity contribution in [2.75, 3.05) is 25.0 Å². The number of nitrogens with one attached hydrogen (secondary N) is 1. The molecule has 1 N–H and O–H groups in total. The Hall–Kier alpha value is -2.60. The van der Waals surface area contributed by atoms with Crippen LogP contribution in [-0.2, 0) is 19.1 Å². The van der Waals surface area contributed by atoms with Crippen molar-refractivity contribution in [2.45, 2.75) is 104 Å². The van der Waals surface area contributed by atoms with Gasteiger partial charge in [0, 0.05) is 25.6 Å². The molecular formula is C27H40BrN5O6. The zero-order valence-electron chi connectivity index (χ0n) is 24.1. The normalized spacial score (nSPS) is 20.4. The number of carbonyl (C=O) groups is 4. The molecule has 3 atom stereocenters. The highest BCUT2D eigenvalue weighted by Gasteiger charge is 2.50. The number of aryl methyl sites for hydroxylation is 1. The third-order valence-electron chi connectivity index (χ3n) is 6.56. The van der Waals surface area contributed by atoms with Gasteiger partial charge in [-0.3, -0.25) is 19.3 Å². The highest BCUT2D eigenvalue weighted by atomic mass is 79.9. The van der Waals surface area contributed by atoms with E-state index in [0.717, 1.165) is 12.8 Å². The number of hydrogen-bond donors (Lipinski definition) is 1. The first-order valence-corrected chi connectivity index (χ1v) is 14.1. The lowest BCUT2D eigenvalue weighted by Gasteiger charge is -2.55. The maximum Gasteiger partial charge on any atom is 0.410 e. The van der Waals surface area contributed by atoms with Crippen LogP contribution in [0.25, 0.3) is 0 Å². The first-order chi connectivity index (χ1) is 18.0. The molecule has 3 rings (SSSR count). The summed E-state index contributed by atoms with van der Waals surface area (Å²) in [7, 11) is 0. The smallest absolute Gasteiger partial charge is 0.410 e. The molecule has 39 heavy (non-hydrogen) atoms. The molecule has 0 radical (unpaired) electrons. The lowest BCUT2D eigenvalue weighted by molar-refractivity contribution is -0.152.